The van der Waals surface area contributed by atoms with Gasteiger partial charge in [0.25, 0.3) is 5.91 Å². The number of nitrogens with one attached hydrogen (secondary N) is 1. The van der Waals surface area contributed by atoms with Crippen LogP contribution in [0.5, 0.6) is 5.75 Å². The summed E-state index contributed by atoms with van der Waals surface area (Å²) < 4.78 is 12.4. The van der Waals surface area contributed by atoms with Crippen LogP contribution in [0.4, 0.5) is 0 Å². The summed E-state index contributed by atoms with van der Waals surface area (Å²) in [6.07, 6.45) is 5.90. The molecule has 2 aliphatic heterocycles. The summed E-state index contributed by atoms with van der Waals surface area (Å²) in [4.78, 5) is 15.8. The van der Waals surface area contributed by atoms with E-state index in [0.29, 0.717) is 29.2 Å². The van der Waals surface area contributed by atoms with Gasteiger partial charge in [-0.15, -0.1) is 0 Å². The number of ether oxygens (including phenoxy) is 2. The molecule has 35 heavy (non-hydrogen) atoms. The maximum atomic E-state index is 13.1. The molecule has 0 aromatic heterocycles. The van der Waals surface area contributed by atoms with Crippen molar-refractivity contribution >= 4 is 17.5 Å². The minimum Gasteiger partial charge on any atom is -0.497 e. The Bertz CT molecular complexity index is 1100. The fourth-order valence-corrected chi connectivity index (χ4v) is 7.17. The SMILES string of the molecule is COc1ccc2c(c1)C13CC(C2)CN(CC2CC2)C(C)C1OCC(NC(=O)c1ccc(Cl)cc1)C3. The lowest BCUT2D eigenvalue weighted by molar-refractivity contribution is -0.0924. The Morgan fingerprint density at radius 3 is 2.74 bits per heavy atom. The number of carbonyl (C=O) groups is 1. The molecule has 2 heterocycles. The van der Waals surface area contributed by atoms with Crippen LogP contribution in [0.1, 0.15) is 54.1 Å². The number of hydrogen-bond acceptors (Lipinski definition) is 4. The van der Waals surface area contributed by atoms with Crippen LogP contribution < -0.4 is 10.1 Å². The molecule has 5 atom stereocenters. The molecule has 2 saturated heterocycles. The fraction of sp³-hybridized carbons (Fsp3) is 0.552. The number of nitrogens with zero attached hydrogens (tertiary/aromatic N) is 1. The Labute approximate surface area is 213 Å². The first-order valence-electron chi connectivity index (χ1n) is 13.0. The molecule has 6 heteroatoms. The smallest absolute Gasteiger partial charge is 0.251 e. The van der Waals surface area contributed by atoms with Crippen molar-refractivity contribution in [3.05, 3.63) is 64.2 Å². The number of fused-ring (bicyclic) bond motifs is 2. The van der Waals surface area contributed by atoms with Gasteiger partial charge < -0.3 is 14.8 Å². The minimum atomic E-state index is -0.138. The highest BCUT2D eigenvalue weighted by Crippen LogP contribution is 2.53. The zero-order chi connectivity index (χ0) is 24.2. The number of methoxy groups -OCH3 is 1. The summed E-state index contributed by atoms with van der Waals surface area (Å²) in [5, 5.41) is 3.91. The van der Waals surface area contributed by atoms with Gasteiger partial charge in [-0.25, -0.2) is 0 Å². The third kappa shape index (κ3) is 4.36. The summed E-state index contributed by atoms with van der Waals surface area (Å²) in [5.41, 5.74) is 3.27. The van der Waals surface area contributed by atoms with Crippen molar-refractivity contribution in [3.8, 4) is 5.75 Å². The predicted molar refractivity (Wildman–Crippen MR) is 137 cm³/mol. The highest BCUT2D eigenvalue weighted by atomic mass is 35.5. The van der Waals surface area contributed by atoms with Crippen molar-refractivity contribution in [1.82, 2.24) is 10.2 Å². The largest absolute Gasteiger partial charge is 0.497 e. The van der Waals surface area contributed by atoms with Crippen LogP contribution in [0.3, 0.4) is 0 Å². The summed E-state index contributed by atoms with van der Waals surface area (Å²) in [7, 11) is 1.74. The fourth-order valence-electron chi connectivity index (χ4n) is 7.04. The van der Waals surface area contributed by atoms with Crippen LogP contribution in [-0.2, 0) is 16.6 Å². The van der Waals surface area contributed by atoms with Gasteiger partial charge >= 0.3 is 0 Å². The number of amides is 1. The topological polar surface area (TPSA) is 50.8 Å². The molecule has 2 aromatic rings. The van der Waals surface area contributed by atoms with Gasteiger partial charge in [-0.05, 0) is 98.4 Å². The van der Waals surface area contributed by atoms with E-state index in [1.165, 1.54) is 30.5 Å². The molecule has 2 aliphatic carbocycles. The monoisotopic (exact) mass is 494 g/mol. The molecule has 2 aromatic carbocycles. The third-order valence-corrected chi connectivity index (χ3v) is 9.04. The van der Waals surface area contributed by atoms with E-state index in [0.717, 1.165) is 37.5 Å². The van der Waals surface area contributed by atoms with Gasteiger partial charge in [0.15, 0.2) is 0 Å². The first kappa shape index (κ1) is 23.3. The van der Waals surface area contributed by atoms with Gasteiger partial charge in [-0.3, -0.25) is 9.69 Å². The highest BCUT2D eigenvalue weighted by molar-refractivity contribution is 6.30. The van der Waals surface area contributed by atoms with Gasteiger partial charge in [0, 0.05) is 35.1 Å². The van der Waals surface area contributed by atoms with Gasteiger partial charge in [0.05, 0.1) is 25.9 Å². The second-order valence-electron chi connectivity index (χ2n) is 11.2. The van der Waals surface area contributed by atoms with Gasteiger partial charge in [0.1, 0.15) is 5.75 Å². The molecule has 2 bridgehead atoms. The number of hydrogen-bond donors (Lipinski definition) is 1. The molecule has 1 saturated carbocycles. The quantitative estimate of drug-likeness (QED) is 0.645. The summed E-state index contributed by atoms with van der Waals surface area (Å²) in [5.74, 6) is 2.27. The number of carbonyl (C=O) groups excluding carboxylic acids is 1. The molecule has 6 rings (SSSR count). The van der Waals surface area contributed by atoms with Gasteiger partial charge in [0.2, 0.25) is 0 Å². The Kier molecular flexibility index (Phi) is 6.06. The summed E-state index contributed by atoms with van der Waals surface area (Å²) in [6.45, 7) is 5.22. The second kappa shape index (κ2) is 9.10. The molecular weight excluding hydrogens is 460 g/mol. The lowest BCUT2D eigenvalue weighted by Crippen LogP contribution is -2.60. The summed E-state index contributed by atoms with van der Waals surface area (Å²) >= 11 is 6.02. The first-order chi connectivity index (χ1) is 16.9. The number of benzene rings is 2. The zero-order valence-electron chi connectivity index (χ0n) is 20.6. The van der Waals surface area contributed by atoms with Crippen LogP contribution in [0.15, 0.2) is 42.5 Å². The van der Waals surface area contributed by atoms with Crippen molar-refractivity contribution < 1.29 is 14.3 Å². The molecule has 1 N–H and O–H groups in total. The highest BCUT2D eigenvalue weighted by Gasteiger charge is 2.55. The molecule has 1 amide bonds. The normalized spacial score (nSPS) is 32.2. The molecule has 186 valence electrons. The average molecular weight is 495 g/mol. The lowest BCUT2D eigenvalue weighted by Gasteiger charge is -2.52. The molecule has 0 radical (unpaired) electrons. The lowest BCUT2D eigenvalue weighted by atomic mass is 9.59. The molecule has 5 nitrogen and oxygen atoms in total. The third-order valence-electron chi connectivity index (χ3n) is 8.79. The molecule has 1 spiro atoms. The van der Waals surface area contributed by atoms with E-state index in [2.05, 4.69) is 35.3 Å². The average Bonchev–Trinajstić information content (AvgIpc) is 3.68. The van der Waals surface area contributed by atoms with Crippen LogP contribution >= 0.6 is 11.6 Å². The Morgan fingerprint density at radius 2 is 2.00 bits per heavy atom. The van der Waals surface area contributed by atoms with Crippen molar-refractivity contribution in [2.45, 2.75) is 62.6 Å². The molecular formula is C29H35ClN2O3. The summed E-state index contributed by atoms with van der Waals surface area (Å²) in [6, 6.07) is 14.0. The Morgan fingerprint density at radius 1 is 1.20 bits per heavy atom. The van der Waals surface area contributed by atoms with Crippen molar-refractivity contribution in [2.75, 3.05) is 26.8 Å². The molecule has 5 unspecified atom stereocenters. The van der Waals surface area contributed by atoms with E-state index in [4.69, 9.17) is 21.1 Å². The van der Waals surface area contributed by atoms with E-state index < -0.39 is 0 Å². The van der Waals surface area contributed by atoms with Crippen molar-refractivity contribution in [2.24, 2.45) is 11.8 Å². The van der Waals surface area contributed by atoms with Crippen LogP contribution in [-0.4, -0.2) is 55.8 Å². The zero-order valence-corrected chi connectivity index (χ0v) is 21.4. The van der Waals surface area contributed by atoms with Gasteiger partial charge in [-0.2, -0.15) is 0 Å². The predicted octanol–water partition coefficient (Wildman–Crippen LogP) is 4.85. The van der Waals surface area contributed by atoms with Crippen LogP contribution in [0.25, 0.3) is 0 Å². The van der Waals surface area contributed by atoms with Crippen molar-refractivity contribution in [1.29, 1.82) is 0 Å². The van der Waals surface area contributed by atoms with E-state index >= 15 is 0 Å². The Balaban J connectivity index is 1.34. The van der Waals surface area contributed by atoms with Crippen molar-refractivity contribution in [3.63, 3.8) is 0 Å². The maximum absolute atomic E-state index is 13.1. The maximum Gasteiger partial charge on any atom is 0.251 e. The molecule has 4 aliphatic rings. The standard InChI is InChI=1S/C29H35ClN2O3/c1-18-27-29(14-24(17-35-27)31-28(33)21-5-8-23(30)9-6-21)13-20(16-32(18)15-19-3-4-19)11-22-7-10-25(34-2)12-26(22)29/h5-10,12,18-20,24,27H,3-4,11,13-17H2,1-2H3,(H,31,33). The molecule has 3 fully saturated rings. The number of rotatable bonds is 5. The Hall–Kier alpha value is -2.08. The first-order valence-corrected chi connectivity index (χ1v) is 13.4. The van der Waals surface area contributed by atoms with Crippen LogP contribution in [0.2, 0.25) is 5.02 Å². The number of halogens is 1. The van der Waals surface area contributed by atoms with Crippen LogP contribution in [0, 0.1) is 11.8 Å². The second-order valence-corrected chi connectivity index (χ2v) is 11.7. The van der Waals surface area contributed by atoms with Gasteiger partial charge in [-0.1, -0.05) is 17.7 Å². The van der Waals surface area contributed by atoms with E-state index in [1.54, 1.807) is 31.4 Å². The van der Waals surface area contributed by atoms with E-state index in [1.807, 2.05) is 0 Å². The minimum absolute atomic E-state index is 0.0468. The van der Waals surface area contributed by atoms with E-state index in [-0.39, 0.29) is 23.5 Å². The number of likely N-dealkylation sites (tertiary alicyclic amines) is 1. The van der Waals surface area contributed by atoms with E-state index in [9.17, 15) is 4.79 Å².